The molecule has 0 heterocycles. The number of carbonyl (C=O) groups excluding carboxylic acids is 3. The van der Waals surface area contributed by atoms with Crippen molar-refractivity contribution in [1.82, 2.24) is 0 Å². The van der Waals surface area contributed by atoms with Gasteiger partial charge >= 0.3 is 11.9 Å². The molecule has 0 radical (unpaired) electrons. The van der Waals surface area contributed by atoms with Gasteiger partial charge in [-0.25, -0.2) is 4.79 Å². The number of hydrogen-bond donors (Lipinski definition) is 0. The Hall–Kier alpha value is -2.43. The smallest absolute Gasteiger partial charge is 0.330 e. The highest BCUT2D eigenvalue weighted by molar-refractivity contribution is 6.04. The van der Waals surface area contributed by atoms with Crippen LogP contribution in [-0.4, -0.2) is 24.8 Å². The molecule has 5 nitrogen and oxygen atoms in total. The zero-order valence-electron chi connectivity index (χ0n) is 13.8. The van der Waals surface area contributed by atoms with E-state index in [4.69, 9.17) is 9.47 Å². The number of benzene rings is 1. The third-order valence-electron chi connectivity index (χ3n) is 4.31. The normalized spacial score (nSPS) is 20.8. The molecule has 5 heteroatoms. The van der Waals surface area contributed by atoms with Crippen molar-refractivity contribution in [2.24, 2.45) is 5.41 Å². The van der Waals surface area contributed by atoms with E-state index in [1.165, 1.54) is 19.3 Å². The molecule has 1 aromatic rings. The van der Waals surface area contributed by atoms with Gasteiger partial charge in [0.15, 0.2) is 0 Å². The van der Waals surface area contributed by atoms with Crippen molar-refractivity contribution in [1.29, 1.82) is 0 Å². The molecule has 1 atom stereocenters. The molecule has 24 heavy (non-hydrogen) atoms. The van der Waals surface area contributed by atoms with Crippen LogP contribution in [0.3, 0.4) is 0 Å². The number of methoxy groups -OCH3 is 1. The third kappa shape index (κ3) is 4.31. The number of rotatable bonds is 6. The van der Waals surface area contributed by atoms with Crippen LogP contribution >= 0.6 is 0 Å². The highest BCUT2D eigenvalue weighted by atomic mass is 16.5. The van der Waals surface area contributed by atoms with Crippen LogP contribution in [0.5, 0.6) is 0 Å². The number of hydrogen-bond acceptors (Lipinski definition) is 5. The number of ketones is 1. The molecule has 0 spiro atoms. The lowest BCUT2D eigenvalue weighted by Gasteiger charge is -2.31. The Morgan fingerprint density at radius 1 is 1.21 bits per heavy atom. The summed E-state index contributed by atoms with van der Waals surface area (Å²) in [5.74, 6) is -1.13. The fourth-order valence-corrected chi connectivity index (χ4v) is 2.93. The number of ether oxygens (including phenoxy) is 2. The first-order chi connectivity index (χ1) is 11.6. The number of allylic oxidation sites excluding steroid dienone is 1. The van der Waals surface area contributed by atoms with Crippen LogP contribution in [-0.2, 0) is 30.5 Å². The molecule has 1 aliphatic rings. The lowest BCUT2D eigenvalue weighted by Crippen LogP contribution is -2.42. The standard InChI is InChI=1S/C19H22O5/c1-23-18(22)19(12-6-5-10-16(19)20)13-7-11-17(21)24-14-15-8-3-2-4-9-15/h2-4,7-9,11H,5-6,10,12-14H2,1H3/b11-7+. The maximum Gasteiger partial charge on any atom is 0.330 e. The summed E-state index contributed by atoms with van der Waals surface area (Å²) in [5, 5.41) is 0. The summed E-state index contributed by atoms with van der Waals surface area (Å²) < 4.78 is 9.95. The van der Waals surface area contributed by atoms with Crippen LogP contribution < -0.4 is 0 Å². The first kappa shape index (κ1) is 17.9. The van der Waals surface area contributed by atoms with Crippen molar-refractivity contribution in [3.05, 3.63) is 48.0 Å². The van der Waals surface area contributed by atoms with E-state index in [0.29, 0.717) is 12.8 Å². The van der Waals surface area contributed by atoms with Gasteiger partial charge in [0.25, 0.3) is 0 Å². The molecule has 1 saturated carbocycles. The minimum atomic E-state index is -1.15. The fraction of sp³-hybridized carbons (Fsp3) is 0.421. The van der Waals surface area contributed by atoms with E-state index < -0.39 is 17.4 Å². The molecule has 1 fully saturated rings. The van der Waals surface area contributed by atoms with Gasteiger partial charge in [0.1, 0.15) is 17.8 Å². The van der Waals surface area contributed by atoms with Crippen molar-refractivity contribution in [3.63, 3.8) is 0 Å². The molecule has 0 bridgehead atoms. The van der Waals surface area contributed by atoms with Crippen LogP contribution in [0.2, 0.25) is 0 Å². The van der Waals surface area contributed by atoms with Gasteiger partial charge in [-0.3, -0.25) is 9.59 Å². The molecule has 0 amide bonds. The summed E-state index contributed by atoms with van der Waals surface area (Å²) in [6, 6.07) is 9.36. The molecule has 128 valence electrons. The quantitative estimate of drug-likeness (QED) is 0.456. The van der Waals surface area contributed by atoms with Gasteiger partial charge in [-0.1, -0.05) is 42.8 Å². The van der Waals surface area contributed by atoms with Crippen molar-refractivity contribution in [2.45, 2.75) is 38.7 Å². The topological polar surface area (TPSA) is 69.7 Å². The van der Waals surface area contributed by atoms with Gasteiger partial charge in [-0.15, -0.1) is 0 Å². The van der Waals surface area contributed by atoms with E-state index in [2.05, 4.69) is 0 Å². The zero-order chi connectivity index (χ0) is 17.4. The molecule has 0 N–H and O–H groups in total. The van der Waals surface area contributed by atoms with E-state index in [1.54, 1.807) is 0 Å². The predicted octanol–water partition coefficient (Wildman–Crippen LogP) is 2.98. The Balaban J connectivity index is 1.93. The van der Waals surface area contributed by atoms with Crippen molar-refractivity contribution >= 4 is 17.7 Å². The van der Waals surface area contributed by atoms with Gasteiger partial charge in [0.2, 0.25) is 0 Å². The average Bonchev–Trinajstić information content (AvgIpc) is 2.62. The van der Waals surface area contributed by atoms with Gasteiger partial charge in [0, 0.05) is 12.5 Å². The second-order valence-corrected chi connectivity index (χ2v) is 5.90. The molecular formula is C19H22O5. The molecule has 1 aromatic carbocycles. The summed E-state index contributed by atoms with van der Waals surface area (Å²) in [5.41, 5.74) is -0.254. The first-order valence-electron chi connectivity index (χ1n) is 8.07. The van der Waals surface area contributed by atoms with E-state index in [1.807, 2.05) is 30.3 Å². The van der Waals surface area contributed by atoms with Gasteiger partial charge in [-0.05, 0) is 24.8 Å². The van der Waals surface area contributed by atoms with Crippen LogP contribution in [0.1, 0.15) is 37.7 Å². The van der Waals surface area contributed by atoms with E-state index in [-0.39, 0.29) is 18.8 Å². The highest BCUT2D eigenvalue weighted by Gasteiger charge is 2.46. The lowest BCUT2D eigenvalue weighted by molar-refractivity contribution is -0.160. The second kappa shape index (κ2) is 8.43. The summed E-state index contributed by atoms with van der Waals surface area (Å²) in [6.07, 6.45) is 5.40. The number of esters is 2. The molecule has 0 aromatic heterocycles. The Bertz CT molecular complexity index is 610. The minimum absolute atomic E-state index is 0.108. The first-order valence-corrected chi connectivity index (χ1v) is 8.07. The van der Waals surface area contributed by atoms with Crippen molar-refractivity contribution in [2.75, 3.05) is 7.11 Å². The summed E-state index contributed by atoms with van der Waals surface area (Å²) in [6.45, 7) is 0.186. The van der Waals surface area contributed by atoms with Crippen LogP contribution in [0.25, 0.3) is 0 Å². The SMILES string of the molecule is COC(=O)C1(C/C=C/C(=O)OCc2ccccc2)CCCCC1=O. The number of carbonyl (C=O) groups is 3. The lowest BCUT2D eigenvalue weighted by atomic mass is 9.70. The predicted molar refractivity (Wildman–Crippen MR) is 87.9 cm³/mol. The monoisotopic (exact) mass is 330 g/mol. The Morgan fingerprint density at radius 2 is 1.96 bits per heavy atom. The largest absolute Gasteiger partial charge is 0.468 e. The summed E-state index contributed by atoms with van der Waals surface area (Å²) in [4.78, 5) is 36.1. The minimum Gasteiger partial charge on any atom is -0.468 e. The summed E-state index contributed by atoms with van der Waals surface area (Å²) in [7, 11) is 1.28. The van der Waals surface area contributed by atoms with Crippen molar-refractivity contribution in [3.8, 4) is 0 Å². The van der Waals surface area contributed by atoms with Gasteiger partial charge in [0.05, 0.1) is 7.11 Å². The molecular weight excluding hydrogens is 308 g/mol. The Morgan fingerprint density at radius 3 is 2.62 bits per heavy atom. The van der Waals surface area contributed by atoms with Crippen molar-refractivity contribution < 1.29 is 23.9 Å². The average molecular weight is 330 g/mol. The fourth-order valence-electron chi connectivity index (χ4n) is 2.93. The molecule has 0 saturated heterocycles. The molecule has 0 aliphatic heterocycles. The zero-order valence-corrected chi connectivity index (χ0v) is 13.8. The van der Waals surface area contributed by atoms with E-state index in [0.717, 1.165) is 18.4 Å². The van der Waals surface area contributed by atoms with Crippen LogP contribution in [0.15, 0.2) is 42.5 Å². The highest BCUT2D eigenvalue weighted by Crippen LogP contribution is 2.38. The second-order valence-electron chi connectivity index (χ2n) is 5.90. The summed E-state index contributed by atoms with van der Waals surface area (Å²) >= 11 is 0. The molecule has 2 rings (SSSR count). The van der Waals surface area contributed by atoms with Crippen LogP contribution in [0.4, 0.5) is 0 Å². The Kier molecular flexibility index (Phi) is 6.29. The van der Waals surface area contributed by atoms with Gasteiger partial charge in [-0.2, -0.15) is 0 Å². The number of Topliss-reactive ketones (excluding diaryl/α,β-unsaturated/α-hetero) is 1. The molecule has 1 unspecified atom stereocenters. The van der Waals surface area contributed by atoms with E-state index >= 15 is 0 Å². The van der Waals surface area contributed by atoms with Gasteiger partial charge < -0.3 is 9.47 Å². The Labute approximate surface area is 141 Å². The maximum atomic E-state index is 12.3. The van der Waals surface area contributed by atoms with Crippen LogP contribution in [0, 0.1) is 5.41 Å². The van der Waals surface area contributed by atoms with E-state index in [9.17, 15) is 14.4 Å². The molecule has 1 aliphatic carbocycles. The maximum absolute atomic E-state index is 12.3. The third-order valence-corrected chi connectivity index (χ3v) is 4.31.